The number of rotatable bonds is 10. The average molecular weight is 634 g/mol. The van der Waals surface area contributed by atoms with Crippen LogP contribution in [-0.2, 0) is 16.0 Å². The van der Waals surface area contributed by atoms with E-state index in [0.717, 1.165) is 5.56 Å². The highest BCUT2D eigenvalue weighted by molar-refractivity contribution is 6.32. The number of anilines is 1. The Morgan fingerprint density at radius 2 is 1.93 bits per heavy atom. The van der Waals surface area contributed by atoms with Gasteiger partial charge >= 0.3 is 6.09 Å². The maximum absolute atomic E-state index is 13.3. The zero-order chi connectivity index (χ0) is 31.1. The summed E-state index contributed by atoms with van der Waals surface area (Å²) in [4.78, 5) is 36.9. The van der Waals surface area contributed by atoms with Gasteiger partial charge in [-0.05, 0) is 52.9 Å². The van der Waals surface area contributed by atoms with Gasteiger partial charge in [0, 0.05) is 46.1 Å². The summed E-state index contributed by atoms with van der Waals surface area (Å²) in [5.41, 5.74) is 3.69. The number of carbonyl (C=O) groups excluding carboxylic acids is 2. The van der Waals surface area contributed by atoms with Crippen molar-refractivity contribution in [3.8, 4) is 22.8 Å². The SMILES string of the molecule is COC(=O)Nc1ccc(-c2nc([C@H](Cc3cccnc3OC)NC(=O)/C=C/c3cc(Cl)ccc3-n3cnnn3)[nH]c2Cl)cc1. The number of carbonyl (C=O) groups is 2. The van der Waals surface area contributed by atoms with Gasteiger partial charge in [-0.3, -0.25) is 10.1 Å². The molecule has 5 aromatic rings. The number of nitrogens with one attached hydrogen (secondary N) is 3. The van der Waals surface area contributed by atoms with E-state index < -0.39 is 18.0 Å². The number of pyridine rings is 1. The van der Waals surface area contributed by atoms with Crippen molar-refractivity contribution in [1.29, 1.82) is 0 Å². The lowest BCUT2D eigenvalue weighted by Crippen LogP contribution is -2.29. The second-order valence-corrected chi connectivity index (χ2v) is 10.0. The quantitative estimate of drug-likeness (QED) is 0.179. The topological polar surface area (TPSA) is 162 Å². The Kier molecular flexibility index (Phi) is 9.47. The predicted molar refractivity (Wildman–Crippen MR) is 164 cm³/mol. The van der Waals surface area contributed by atoms with Crippen molar-refractivity contribution in [2.45, 2.75) is 12.5 Å². The van der Waals surface area contributed by atoms with E-state index in [1.165, 1.54) is 31.3 Å². The number of amides is 2. The Morgan fingerprint density at radius 1 is 1.11 bits per heavy atom. The third kappa shape index (κ3) is 7.19. The highest BCUT2D eigenvalue weighted by Gasteiger charge is 2.23. The molecule has 0 aliphatic rings. The van der Waals surface area contributed by atoms with Crippen molar-refractivity contribution in [1.82, 2.24) is 40.5 Å². The lowest BCUT2D eigenvalue weighted by molar-refractivity contribution is -0.117. The third-order valence-corrected chi connectivity index (χ3v) is 6.89. The van der Waals surface area contributed by atoms with Crippen molar-refractivity contribution in [3.05, 3.63) is 100 Å². The van der Waals surface area contributed by atoms with Crippen LogP contribution < -0.4 is 15.4 Å². The van der Waals surface area contributed by atoms with E-state index in [4.69, 9.17) is 32.9 Å². The van der Waals surface area contributed by atoms with Crippen molar-refractivity contribution in [3.63, 3.8) is 0 Å². The lowest BCUT2D eigenvalue weighted by Gasteiger charge is -2.17. The lowest BCUT2D eigenvalue weighted by atomic mass is 10.1. The first-order valence-corrected chi connectivity index (χ1v) is 13.8. The molecule has 1 atom stereocenters. The molecule has 5 rings (SSSR count). The Hall–Kier alpha value is -5.27. The molecule has 0 radical (unpaired) electrons. The smallest absolute Gasteiger partial charge is 0.411 e. The van der Waals surface area contributed by atoms with Gasteiger partial charge in [-0.2, -0.15) is 4.68 Å². The normalized spacial score (nSPS) is 11.7. The Balaban J connectivity index is 1.43. The van der Waals surface area contributed by atoms with Crippen molar-refractivity contribution >= 4 is 47.0 Å². The van der Waals surface area contributed by atoms with Crippen LogP contribution in [-0.4, -0.2) is 61.4 Å². The zero-order valence-electron chi connectivity index (χ0n) is 23.4. The minimum atomic E-state index is -0.657. The van der Waals surface area contributed by atoms with Crippen LogP contribution in [0, 0.1) is 0 Å². The van der Waals surface area contributed by atoms with Crippen molar-refractivity contribution < 1.29 is 19.1 Å². The molecule has 3 aromatic heterocycles. The number of aromatic amines is 1. The number of hydrogen-bond acceptors (Lipinski definition) is 9. The van der Waals surface area contributed by atoms with Gasteiger partial charge in [0.2, 0.25) is 11.8 Å². The highest BCUT2D eigenvalue weighted by atomic mass is 35.5. The van der Waals surface area contributed by atoms with Gasteiger partial charge in [0.1, 0.15) is 23.0 Å². The molecular weight excluding hydrogens is 609 g/mol. The first kappa shape index (κ1) is 30.2. The number of ether oxygens (including phenoxy) is 2. The largest absolute Gasteiger partial charge is 0.481 e. The van der Waals surface area contributed by atoms with Gasteiger partial charge in [-0.25, -0.2) is 14.8 Å². The number of benzene rings is 2. The summed E-state index contributed by atoms with van der Waals surface area (Å²) in [6.45, 7) is 0. The predicted octanol–water partition coefficient (Wildman–Crippen LogP) is 5.05. The number of aromatic nitrogens is 7. The molecule has 13 nitrogen and oxygen atoms in total. The summed E-state index contributed by atoms with van der Waals surface area (Å²) in [5, 5.41) is 17.6. The Morgan fingerprint density at radius 3 is 2.66 bits per heavy atom. The van der Waals surface area contributed by atoms with E-state index in [1.807, 2.05) is 6.07 Å². The molecule has 3 heterocycles. The molecule has 0 bridgehead atoms. The zero-order valence-corrected chi connectivity index (χ0v) is 24.9. The van der Waals surface area contributed by atoms with Gasteiger partial charge in [-0.1, -0.05) is 41.4 Å². The molecule has 44 heavy (non-hydrogen) atoms. The number of halogens is 2. The molecule has 0 unspecified atom stereocenters. The average Bonchev–Trinajstić information content (AvgIpc) is 3.71. The van der Waals surface area contributed by atoms with Crippen LogP contribution in [0.25, 0.3) is 23.0 Å². The first-order valence-electron chi connectivity index (χ1n) is 13.0. The van der Waals surface area contributed by atoms with Crippen LogP contribution in [0.5, 0.6) is 5.88 Å². The van der Waals surface area contributed by atoms with Crippen molar-refractivity contribution in [2.24, 2.45) is 0 Å². The van der Waals surface area contributed by atoms with E-state index in [-0.39, 0.29) is 11.6 Å². The number of hydrogen-bond donors (Lipinski definition) is 3. The third-order valence-electron chi connectivity index (χ3n) is 6.38. The van der Waals surface area contributed by atoms with E-state index in [1.54, 1.807) is 60.8 Å². The molecule has 2 amide bonds. The summed E-state index contributed by atoms with van der Waals surface area (Å²) in [6, 6.07) is 15.0. The number of imidazole rings is 1. The summed E-state index contributed by atoms with van der Waals surface area (Å²) in [6.07, 6.45) is 5.76. The van der Waals surface area contributed by atoms with Crippen LogP contribution in [0.2, 0.25) is 10.2 Å². The Bertz CT molecular complexity index is 1790. The van der Waals surface area contributed by atoms with E-state index >= 15 is 0 Å². The molecule has 0 saturated carbocycles. The van der Waals surface area contributed by atoms with Gasteiger partial charge < -0.3 is 19.8 Å². The number of nitrogens with zero attached hydrogens (tertiary/aromatic N) is 6. The molecule has 0 aliphatic heterocycles. The number of H-pyrrole nitrogens is 1. The first-order chi connectivity index (χ1) is 21.3. The van der Waals surface area contributed by atoms with Crippen LogP contribution in [0.1, 0.15) is 23.0 Å². The van der Waals surface area contributed by atoms with Gasteiger partial charge in [0.25, 0.3) is 0 Å². The van der Waals surface area contributed by atoms with Gasteiger partial charge in [0.15, 0.2) is 0 Å². The molecule has 2 aromatic carbocycles. The number of tetrazole rings is 1. The summed E-state index contributed by atoms with van der Waals surface area (Å²) >= 11 is 12.8. The second-order valence-electron chi connectivity index (χ2n) is 9.21. The van der Waals surface area contributed by atoms with Crippen LogP contribution >= 0.6 is 23.2 Å². The van der Waals surface area contributed by atoms with Gasteiger partial charge in [-0.15, -0.1) is 5.10 Å². The maximum atomic E-state index is 13.3. The fourth-order valence-electron chi connectivity index (χ4n) is 4.33. The summed E-state index contributed by atoms with van der Waals surface area (Å²) in [5.74, 6) is 0.415. The fourth-order valence-corrected chi connectivity index (χ4v) is 4.76. The molecule has 0 saturated heterocycles. The Labute approximate surface area is 261 Å². The molecule has 15 heteroatoms. The number of methoxy groups -OCH3 is 2. The monoisotopic (exact) mass is 633 g/mol. The van der Waals surface area contributed by atoms with Crippen molar-refractivity contribution in [2.75, 3.05) is 19.5 Å². The molecule has 0 spiro atoms. The summed E-state index contributed by atoms with van der Waals surface area (Å²) in [7, 11) is 2.81. The van der Waals surface area contributed by atoms with E-state index in [2.05, 4.69) is 40.9 Å². The highest BCUT2D eigenvalue weighted by Crippen LogP contribution is 2.30. The second kappa shape index (κ2) is 13.8. The fraction of sp³-hybridized carbons (Fsp3) is 0.138. The molecule has 224 valence electrons. The van der Waals surface area contributed by atoms with E-state index in [0.29, 0.717) is 44.9 Å². The maximum Gasteiger partial charge on any atom is 0.411 e. The van der Waals surface area contributed by atoms with Crippen LogP contribution in [0.15, 0.2) is 73.2 Å². The van der Waals surface area contributed by atoms with Crippen LogP contribution in [0.4, 0.5) is 10.5 Å². The molecule has 3 N–H and O–H groups in total. The molecular formula is C29H25Cl2N9O4. The van der Waals surface area contributed by atoms with Gasteiger partial charge in [0.05, 0.1) is 25.9 Å². The standard InChI is InChI=1S/C29H25Cl2N9O4/c1-43-28-19(4-3-13-32-28)15-22(27-36-25(26(31)37-27)17-5-9-21(10-6-17)34-29(42)44-2)35-24(41)12-7-18-14-20(30)8-11-23(18)40-16-33-38-39-40/h3-14,16,22H,15H2,1-2H3,(H,34,42)(H,35,41)(H,36,37)/b12-7+/t22-/m0/s1. The minimum Gasteiger partial charge on any atom is -0.481 e. The van der Waals surface area contributed by atoms with Crippen LogP contribution in [0.3, 0.4) is 0 Å². The minimum absolute atomic E-state index is 0.270. The summed E-state index contributed by atoms with van der Waals surface area (Å²) < 4.78 is 11.5. The van der Waals surface area contributed by atoms with E-state index in [9.17, 15) is 9.59 Å². The molecule has 0 aliphatic carbocycles. The molecule has 0 fully saturated rings.